The van der Waals surface area contributed by atoms with E-state index < -0.39 is 11.7 Å². The number of aryl methyl sites for hydroxylation is 1. The molecule has 0 bridgehead atoms. The summed E-state index contributed by atoms with van der Waals surface area (Å²) < 4.78 is 12.6. The molecule has 1 fully saturated rings. The fraction of sp³-hybridized carbons (Fsp3) is 0.462. The van der Waals surface area contributed by atoms with E-state index in [0.717, 1.165) is 11.1 Å². The van der Waals surface area contributed by atoms with Gasteiger partial charge < -0.3 is 15.2 Å². The van der Waals surface area contributed by atoms with Gasteiger partial charge in [0.15, 0.2) is 5.15 Å². The first-order valence-electron chi connectivity index (χ1n) is 6.52. The summed E-state index contributed by atoms with van der Waals surface area (Å²) in [5.74, 6) is 0.428. The highest BCUT2D eigenvalue weighted by atomic mass is 35.5. The summed E-state index contributed by atoms with van der Waals surface area (Å²) >= 11 is 5.98. The van der Waals surface area contributed by atoms with E-state index in [1.807, 2.05) is 13.8 Å². The minimum Gasteiger partial charge on any atom is -0.469 e. The lowest BCUT2D eigenvalue weighted by molar-refractivity contribution is -0.0858. The van der Waals surface area contributed by atoms with Gasteiger partial charge in [0.2, 0.25) is 5.88 Å². The second-order valence-electron chi connectivity index (χ2n) is 5.51. The summed E-state index contributed by atoms with van der Waals surface area (Å²) in [6.45, 7) is 3.85. The molecule has 2 N–H and O–H groups in total. The van der Waals surface area contributed by atoms with Crippen LogP contribution in [-0.2, 0) is 4.74 Å². The molecule has 0 aliphatic heterocycles. The van der Waals surface area contributed by atoms with Crippen LogP contribution in [0, 0.1) is 6.92 Å². The van der Waals surface area contributed by atoms with Gasteiger partial charge in [-0.15, -0.1) is 0 Å². The van der Waals surface area contributed by atoms with Crippen LogP contribution < -0.4 is 10.5 Å². The molecule has 21 heavy (non-hydrogen) atoms. The van der Waals surface area contributed by atoms with Crippen LogP contribution in [0.4, 0.5) is 4.79 Å². The van der Waals surface area contributed by atoms with Crippen LogP contribution in [0.1, 0.15) is 25.3 Å². The first kappa shape index (κ1) is 13.9. The Labute approximate surface area is 126 Å². The number of carbonyl (C=O) groups is 1. The van der Waals surface area contributed by atoms with E-state index in [4.69, 9.17) is 26.8 Å². The van der Waals surface area contributed by atoms with Crippen molar-refractivity contribution in [3.63, 3.8) is 0 Å². The summed E-state index contributed by atoms with van der Waals surface area (Å²) in [6.07, 6.45) is 3.49. The number of rotatable bonds is 3. The molecular formula is C13H15ClN4O3. The SMILES string of the molecule is Cc1cnn2cc(Cl)nc(OC3(C)CC(OC(N)=O)C3)c12. The molecule has 1 aliphatic carbocycles. The van der Waals surface area contributed by atoms with Crippen molar-refractivity contribution in [2.75, 3.05) is 0 Å². The fourth-order valence-corrected chi connectivity index (χ4v) is 2.80. The monoisotopic (exact) mass is 310 g/mol. The van der Waals surface area contributed by atoms with E-state index in [-0.39, 0.29) is 6.10 Å². The van der Waals surface area contributed by atoms with E-state index in [1.54, 1.807) is 16.9 Å². The average molecular weight is 311 g/mol. The zero-order chi connectivity index (χ0) is 15.2. The van der Waals surface area contributed by atoms with E-state index in [0.29, 0.717) is 23.9 Å². The molecule has 3 rings (SSSR count). The summed E-state index contributed by atoms with van der Waals surface area (Å²) in [7, 11) is 0. The third-order valence-corrected chi connectivity index (χ3v) is 3.75. The summed E-state index contributed by atoms with van der Waals surface area (Å²) in [4.78, 5) is 15.0. The highest BCUT2D eigenvalue weighted by molar-refractivity contribution is 6.29. The van der Waals surface area contributed by atoms with Crippen molar-refractivity contribution in [1.82, 2.24) is 14.6 Å². The molecule has 1 amide bonds. The number of ether oxygens (including phenoxy) is 2. The van der Waals surface area contributed by atoms with Gasteiger partial charge >= 0.3 is 6.09 Å². The largest absolute Gasteiger partial charge is 0.469 e. The molecule has 1 aliphatic rings. The van der Waals surface area contributed by atoms with Crippen LogP contribution in [0.5, 0.6) is 5.88 Å². The topological polar surface area (TPSA) is 91.7 Å². The van der Waals surface area contributed by atoms with Crippen LogP contribution >= 0.6 is 11.6 Å². The van der Waals surface area contributed by atoms with Crippen molar-refractivity contribution in [3.8, 4) is 5.88 Å². The maximum absolute atomic E-state index is 10.7. The van der Waals surface area contributed by atoms with Gasteiger partial charge in [-0.2, -0.15) is 10.1 Å². The molecule has 0 atom stereocenters. The minimum atomic E-state index is -0.767. The zero-order valence-electron chi connectivity index (χ0n) is 11.7. The van der Waals surface area contributed by atoms with Crippen molar-refractivity contribution in [1.29, 1.82) is 0 Å². The molecule has 2 heterocycles. The van der Waals surface area contributed by atoms with Crippen LogP contribution in [0.3, 0.4) is 0 Å². The van der Waals surface area contributed by atoms with Crippen molar-refractivity contribution in [2.45, 2.75) is 38.4 Å². The Kier molecular flexibility index (Phi) is 3.16. The Balaban J connectivity index is 1.83. The molecule has 7 nitrogen and oxygen atoms in total. The molecule has 0 radical (unpaired) electrons. The fourth-order valence-electron chi connectivity index (χ4n) is 2.63. The molecule has 112 valence electrons. The number of nitrogens with zero attached hydrogens (tertiary/aromatic N) is 3. The minimum absolute atomic E-state index is 0.214. The van der Waals surface area contributed by atoms with Gasteiger partial charge in [-0.05, 0) is 13.8 Å². The normalized spacial score (nSPS) is 24.6. The number of nitrogens with two attached hydrogens (primary N) is 1. The predicted molar refractivity (Wildman–Crippen MR) is 75.5 cm³/mol. The number of primary amides is 1. The Morgan fingerprint density at radius 3 is 2.95 bits per heavy atom. The Morgan fingerprint density at radius 2 is 2.29 bits per heavy atom. The quantitative estimate of drug-likeness (QED) is 0.937. The number of carbonyl (C=O) groups excluding carboxylic acids is 1. The van der Waals surface area contributed by atoms with Gasteiger partial charge in [0.25, 0.3) is 0 Å². The lowest BCUT2D eigenvalue weighted by Crippen LogP contribution is -2.51. The third kappa shape index (κ3) is 2.61. The number of aromatic nitrogens is 3. The van der Waals surface area contributed by atoms with Crippen LogP contribution in [0.2, 0.25) is 5.15 Å². The maximum atomic E-state index is 10.7. The molecule has 0 unspecified atom stereocenters. The van der Waals surface area contributed by atoms with Gasteiger partial charge in [-0.1, -0.05) is 11.6 Å². The van der Waals surface area contributed by atoms with Gasteiger partial charge in [-0.3, -0.25) is 0 Å². The third-order valence-electron chi connectivity index (χ3n) is 3.56. The standard InChI is InChI=1S/C13H15ClN4O3/c1-7-5-16-18-6-9(14)17-11(10(7)18)21-13(2)3-8(4-13)20-12(15)19/h5-6,8H,3-4H2,1-2H3,(H2,15,19). The zero-order valence-corrected chi connectivity index (χ0v) is 12.4. The molecule has 8 heteroatoms. The maximum Gasteiger partial charge on any atom is 0.404 e. The van der Waals surface area contributed by atoms with Gasteiger partial charge in [0.05, 0.1) is 12.4 Å². The number of hydrogen-bond donors (Lipinski definition) is 1. The number of hydrogen-bond acceptors (Lipinski definition) is 5. The molecular weight excluding hydrogens is 296 g/mol. The van der Waals surface area contributed by atoms with Crippen molar-refractivity contribution in [2.24, 2.45) is 5.73 Å². The molecule has 0 spiro atoms. The van der Waals surface area contributed by atoms with Crippen LogP contribution in [0.15, 0.2) is 12.4 Å². The molecule has 2 aromatic rings. The first-order chi connectivity index (χ1) is 9.86. The molecule has 0 aromatic carbocycles. The van der Waals surface area contributed by atoms with Gasteiger partial charge in [0, 0.05) is 18.4 Å². The van der Waals surface area contributed by atoms with Crippen molar-refractivity contribution in [3.05, 3.63) is 23.1 Å². The lowest BCUT2D eigenvalue weighted by atomic mass is 9.79. The Morgan fingerprint density at radius 1 is 1.57 bits per heavy atom. The van der Waals surface area contributed by atoms with Crippen LogP contribution in [-0.4, -0.2) is 32.4 Å². The summed E-state index contributed by atoms with van der Waals surface area (Å²) in [5.41, 5.74) is 6.26. The second-order valence-corrected chi connectivity index (χ2v) is 5.90. The van der Waals surface area contributed by atoms with E-state index in [1.165, 1.54) is 0 Å². The smallest absolute Gasteiger partial charge is 0.404 e. The number of fused-ring (bicyclic) bond motifs is 1. The number of halogens is 1. The number of amides is 1. The van der Waals surface area contributed by atoms with Crippen LogP contribution in [0.25, 0.3) is 5.52 Å². The van der Waals surface area contributed by atoms with Crippen molar-refractivity contribution >= 4 is 23.2 Å². The Bertz CT molecular complexity index is 709. The Hall–Kier alpha value is -2.02. The van der Waals surface area contributed by atoms with E-state index in [2.05, 4.69) is 10.1 Å². The highest BCUT2D eigenvalue weighted by Gasteiger charge is 2.45. The molecule has 1 saturated carbocycles. The molecule has 2 aromatic heterocycles. The summed E-state index contributed by atoms with van der Waals surface area (Å²) in [6, 6.07) is 0. The van der Waals surface area contributed by atoms with E-state index >= 15 is 0 Å². The first-order valence-corrected chi connectivity index (χ1v) is 6.90. The summed E-state index contributed by atoms with van der Waals surface area (Å²) in [5, 5.41) is 4.49. The highest BCUT2D eigenvalue weighted by Crippen LogP contribution is 2.39. The van der Waals surface area contributed by atoms with Gasteiger partial charge in [-0.25, -0.2) is 9.31 Å². The molecule has 0 saturated heterocycles. The predicted octanol–water partition coefficient (Wildman–Crippen LogP) is 2.09. The van der Waals surface area contributed by atoms with Gasteiger partial charge in [0.1, 0.15) is 17.2 Å². The van der Waals surface area contributed by atoms with Crippen molar-refractivity contribution < 1.29 is 14.3 Å². The lowest BCUT2D eigenvalue weighted by Gasteiger charge is -2.43. The second kappa shape index (κ2) is 4.77. The average Bonchev–Trinajstić information content (AvgIpc) is 2.68. The van der Waals surface area contributed by atoms with E-state index in [9.17, 15) is 4.79 Å².